The Morgan fingerprint density at radius 2 is 1.42 bits per heavy atom. The molecule has 3 aromatic carbocycles. The van der Waals surface area contributed by atoms with E-state index in [4.69, 9.17) is 10.5 Å². The van der Waals surface area contributed by atoms with Gasteiger partial charge in [0.2, 0.25) is 0 Å². The van der Waals surface area contributed by atoms with Gasteiger partial charge >= 0.3 is 0 Å². The molecule has 3 heteroatoms. The van der Waals surface area contributed by atoms with E-state index in [9.17, 15) is 0 Å². The van der Waals surface area contributed by atoms with Crippen molar-refractivity contribution in [2.24, 2.45) is 5.73 Å². The zero-order chi connectivity index (χ0) is 16.8. The molecule has 0 atom stereocenters. The molecule has 2 nitrogen and oxygen atoms in total. The van der Waals surface area contributed by atoms with Gasteiger partial charge in [0.05, 0.1) is 13.2 Å². The highest BCUT2D eigenvalue weighted by Gasteiger charge is 2.16. The van der Waals surface area contributed by atoms with Crippen molar-refractivity contribution >= 4 is 0 Å². The molecule has 24 heavy (non-hydrogen) atoms. The maximum atomic E-state index is 15.2. The van der Waals surface area contributed by atoms with Gasteiger partial charge in [-0.1, -0.05) is 72.8 Å². The summed E-state index contributed by atoms with van der Waals surface area (Å²) in [6.45, 7) is 1.06. The van der Waals surface area contributed by atoms with Crippen LogP contribution in [0.1, 0.15) is 5.56 Å². The highest BCUT2D eigenvalue weighted by atomic mass is 19.1. The van der Waals surface area contributed by atoms with Crippen LogP contribution in [0.15, 0.2) is 72.8 Å². The minimum Gasteiger partial charge on any atom is -0.375 e. The Morgan fingerprint density at radius 1 is 0.792 bits per heavy atom. The SMILES string of the molecule is NCCOCc1ccc(-c2ccccc2)c(-c2ccccc2)c1F. The first-order valence-electron chi connectivity index (χ1n) is 8.01. The molecule has 0 aliphatic carbocycles. The van der Waals surface area contributed by atoms with Crippen LogP contribution in [0.3, 0.4) is 0 Å². The Morgan fingerprint density at radius 3 is 2.04 bits per heavy atom. The fraction of sp³-hybridized carbons (Fsp3) is 0.143. The fourth-order valence-corrected chi connectivity index (χ4v) is 2.74. The second-order valence-corrected chi connectivity index (χ2v) is 5.53. The number of hydrogen-bond acceptors (Lipinski definition) is 2. The first-order valence-corrected chi connectivity index (χ1v) is 8.01. The lowest BCUT2D eigenvalue weighted by Crippen LogP contribution is -2.09. The topological polar surface area (TPSA) is 35.2 Å². The van der Waals surface area contributed by atoms with E-state index in [1.54, 1.807) is 6.07 Å². The van der Waals surface area contributed by atoms with Crippen molar-refractivity contribution in [2.75, 3.05) is 13.2 Å². The third-order valence-electron chi connectivity index (χ3n) is 3.89. The number of ether oxygens (including phenoxy) is 1. The van der Waals surface area contributed by atoms with Gasteiger partial charge in [-0.3, -0.25) is 0 Å². The van der Waals surface area contributed by atoms with Gasteiger partial charge in [-0.15, -0.1) is 0 Å². The van der Waals surface area contributed by atoms with Gasteiger partial charge in [-0.25, -0.2) is 4.39 Å². The summed E-state index contributed by atoms with van der Waals surface area (Å²) in [5, 5.41) is 0. The quantitative estimate of drug-likeness (QED) is 0.672. The van der Waals surface area contributed by atoms with E-state index < -0.39 is 0 Å². The lowest BCUT2D eigenvalue weighted by atomic mass is 9.92. The molecular weight excluding hydrogens is 301 g/mol. The van der Waals surface area contributed by atoms with E-state index in [0.29, 0.717) is 24.3 Å². The fourth-order valence-electron chi connectivity index (χ4n) is 2.74. The lowest BCUT2D eigenvalue weighted by molar-refractivity contribution is 0.126. The molecule has 0 bridgehead atoms. The number of rotatable bonds is 6. The van der Waals surface area contributed by atoms with Crippen LogP contribution in [0.2, 0.25) is 0 Å². The van der Waals surface area contributed by atoms with E-state index >= 15 is 4.39 Å². The summed E-state index contributed by atoms with van der Waals surface area (Å²) in [7, 11) is 0. The van der Waals surface area contributed by atoms with Gasteiger partial charge < -0.3 is 10.5 Å². The van der Waals surface area contributed by atoms with Crippen LogP contribution < -0.4 is 5.73 Å². The normalized spacial score (nSPS) is 10.8. The van der Waals surface area contributed by atoms with Crippen molar-refractivity contribution in [3.63, 3.8) is 0 Å². The summed E-state index contributed by atoms with van der Waals surface area (Å²) in [6.07, 6.45) is 0. The summed E-state index contributed by atoms with van der Waals surface area (Å²) >= 11 is 0. The number of hydrogen-bond donors (Lipinski definition) is 1. The Balaban J connectivity index is 2.11. The predicted molar refractivity (Wildman–Crippen MR) is 96.0 cm³/mol. The van der Waals surface area contributed by atoms with E-state index in [1.807, 2.05) is 66.7 Å². The van der Waals surface area contributed by atoms with Crippen molar-refractivity contribution < 1.29 is 9.13 Å². The van der Waals surface area contributed by atoms with Crippen LogP contribution in [0.5, 0.6) is 0 Å². The third kappa shape index (κ3) is 3.53. The minimum absolute atomic E-state index is 0.220. The maximum Gasteiger partial charge on any atom is 0.137 e. The minimum atomic E-state index is -0.237. The number of benzene rings is 3. The van der Waals surface area contributed by atoms with E-state index in [2.05, 4.69) is 0 Å². The Labute approximate surface area is 141 Å². The molecule has 122 valence electrons. The van der Waals surface area contributed by atoms with Crippen LogP contribution in [-0.4, -0.2) is 13.2 Å². The first-order chi connectivity index (χ1) is 11.8. The predicted octanol–water partition coefficient (Wildman–Crippen LogP) is 4.64. The number of nitrogens with two attached hydrogens (primary N) is 1. The van der Waals surface area contributed by atoms with Gasteiger partial charge in [0.15, 0.2) is 0 Å². The third-order valence-corrected chi connectivity index (χ3v) is 3.89. The van der Waals surface area contributed by atoms with Crippen LogP contribution >= 0.6 is 0 Å². The molecule has 0 heterocycles. The molecule has 0 unspecified atom stereocenters. The maximum absolute atomic E-state index is 15.2. The zero-order valence-electron chi connectivity index (χ0n) is 13.4. The van der Waals surface area contributed by atoms with Crippen molar-refractivity contribution in [1.29, 1.82) is 0 Å². The highest BCUT2D eigenvalue weighted by Crippen LogP contribution is 2.35. The molecule has 3 rings (SSSR count). The Kier molecular flexibility index (Phi) is 5.36. The molecule has 0 fully saturated rings. The van der Waals surface area contributed by atoms with E-state index in [1.165, 1.54) is 0 Å². The molecule has 0 amide bonds. The standard InChI is InChI=1S/C21H20FNO/c22-21-18(15-24-14-13-23)11-12-19(16-7-3-1-4-8-16)20(21)17-9-5-2-6-10-17/h1-12H,13-15,23H2. The smallest absolute Gasteiger partial charge is 0.137 e. The lowest BCUT2D eigenvalue weighted by Gasteiger charge is -2.15. The Hall–Kier alpha value is -2.49. The summed E-state index contributed by atoms with van der Waals surface area (Å²) in [5.74, 6) is -0.237. The van der Waals surface area contributed by atoms with Gasteiger partial charge in [-0.05, 0) is 16.7 Å². The van der Waals surface area contributed by atoms with Gasteiger partial charge in [0.1, 0.15) is 5.82 Å². The highest BCUT2D eigenvalue weighted by molar-refractivity contribution is 5.84. The monoisotopic (exact) mass is 321 g/mol. The van der Waals surface area contributed by atoms with Crippen molar-refractivity contribution in [2.45, 2.75) is 6.61 Å². The van der Waals surface area contributed by atoms with Crippen LogP contribution in [0.25, 0.3) is 22.3 Å². The van der Waals surface area contributed by atoms with Crippen molar-refractivity contribution in [3.8, 4) is 22.3 Å². The molecule has 0 spiro atoms. The van der Waals surface area contributed by atoms with E-state index in [0.717, 1.165) is 16.7 Å². The molecule has 0 saturated heterocycles. The molecule has 0 aliphatic heterocycles. The Bertz CT molecular complexity index is 788. The molecule has 0 aromatic heterocycles. The summed E-state index contributed by atoms with van der Waals surface area (Å²) in [6, 6.07) is 23.2. The summed E-state index contributed by atoms with van der Waals surface area (Å²) in [4.78, 5) is 0. The molecular formula is C21H20FNO. The molecule has 0 radical (unpaired) electrons. The van der Waals surface area contributed by atoms with E-state index in [-0.39, 0.29) is 12.4 Å². The van der Waals surface area contributed by atoms with Gasteiger partial charge in [-0.2, -0.15) is 0 Å². The largest absolute Gasteiger partial charge is 0.375 e. The molecule has 0 saturated carbocycles. The zero-order valence-corrected chi connectivity index (χ0v) is 13.4. The van der Waals surface area contributed by atoms with Crippen molar-refractivity contribution in [3.05, 3.63) is 84.2 Å². The molecule has 2 N–H and O–H groups in total. The van der Waals surface area contributed by atoms with Crippen molar-refractivity contribution in [1.82, 2.24) is 0 Å². The van der Waals surface area contributed by atoms with Crippen LogP contribution in [0, 0.1) is 5.82 Å². The van der Waals surface area contributed by atoms with Crippen LogP contribution in [-0.2, 0) is 11.3 Å². The molecule has 3 aromatic rings. The summed E-state index contributed by atoms with van der Waals surface area (Å²) in [5.41, 5.74) is 9.31. The van der Waals surface area contributed by atoms with Gasteiger partial charge in [0.25, 0.3) is 0 Å². The number of halogens is 1. The summed E-state index contributed by atoms with van der Waals surface area (Å²) < 4.78 is 20.6. The molecule has 0 aliphatic rings. The first kappa shape index (κ1) is 16.4. The average Bonchev–Trinajstić information content (AvgIpc) is 2.64. The second kappa shape index (κ2) is 7.86. The second-order valence-electron chi connectivity index (χ2n) is 5.53. The average molecular weight is 321 g/mol. The van der Waals surface area contributed by atoms with Crippen LogP contribution in [0.4, 0.5) is 4.39 Å². The van der Waals surface area contributed by atoms with Gasteiger partial charge in [0, 0.05) is 17.7 Å².